The molecule has 1 aliphatic rings. The second kappa shape index (κ2) is 11.2. The number of amides is 2. The maximum absolute atomic E-state index is 12.9. The minimum Gasteiger partial charge on any atom is -0.494 e. The molecule has 0 N–H and O–H groups in total. The Hall–Kier alpha value is -2.87. The first kappa shape index (κ1) is 22.4. The van der Waals surface area contributed by atoms with Crippen LogP contribution >= 0.6 is 0 Å². The first-order chi connectivity index (χ1) is 14.0. The number of ether oxygens (including phenoxy) is 1. The average Bonchev–Trinajstić information content (AvgIpc) is 2.72. The molecule has 154 valence electrons. The third kappa shape index (κ3) is 5.80. The number of benzene rings is 1. The van der Waals surface area contributed by atoms with E-state index in [1.165, 1.54) is 4.90 Å². The number of nitriles is 1. The molecule has 0 unspecified atom stereocenters. The molecule has 5 nitrogen and oxygen atoms in total. The summed E-state index contributed by atoms with van der Waals surface area (Å²) in [6, 6.07) is 9.49. The first-order valence-corrected chi connectivity index (χ1v) is 10.5. The lowest BCUT2D eigenvalue weighted by molar-refractivity contribution is -0.140. The molecule has 1 aliphatic heterocycles. The van der Waals surface area contributed by atoms with Gasteiger partial charge in [0.25, 0.3) is 11.8 Å². The summed E-state index contributed by atoms with van der Waals surface area (Å²) >= 11 is 0. The van der Waals surface area contributed by atoms with Gasteiger partial charge >= 0.3 is 0 Å². The number of unbranched alkanes of at least 4 members (excludes halogenated alkanes) is 4. The van der Waals surface area contributed by atoms with Gasteiger partial charge in [-0.3, -0.25) is 14.5 Å². The summed E-state index contributed by atoms with van der Waals surface area (Å²) in [6.45, 7) is 6.91. The van der Waals surface area contributed by atoms with Crippen molar-refractivity contribution in [2.24, 2.45) is 0 Å². The van der Waals surface area contributed by atoms with E-state index in [9.17, 15) is 14.9 Å². The smallest absolute Gasteiger partial charge is 0.271 e. The monoisotopic (exact) mass is 394 g/mol. The topological polar surface area (TPSA) is 70.4 Å². The molecule has 2 rings (SSSR count). The molecule has 1 aromatic carbocycles. The lowest BCUT2D eigenvalue weighted by atomic mass is 9.93. The maximum atomic E-state index is 12.9. The molecule has 0 aromatic heterocycles. The summed E-state index contributed by atoms with van der Waals surface area (Å²) in [7, 11) is 0. The van der Waals surface area contributed by atoms with E-state index >= 15 is 0 Å². The van der Waals surface area contributed by atoms with Gasteiger partial charge in [0.1, 0.15) is 17.4 Å². The van der Waals surface area contributed by atoms with Gasteiger partial charge < -0.3 is 4.74 Å². The molecule has 0 aliphatic carbocycles. The Morgan fingerprint density at radius 3 is 2.28 bits per heavy atom. The van der Waals surface area contributed by atoms with Crippen LogP contribution in [-0.4, -0.2) is 29.9 Å². The van der Waals surface area contributed by atoms with E-state index in [0.717, 1.165) is 49.8 Å². The number of nitrogens with zero attached hydrogens (tertiary/aromatic N) is 2. The molecule has 0 bridgehead atoms. The summed E-state index contributed by atoms with van der Waals surface area (Å²) in [6.07, 6.45) is 7.73. The van der Waals surface area contributed by atoms with Crippen molar-refractivity contribution in [2.45, 2.75) is 59.3 Å². The highest BCUT2D eigenvalue weighted by atomic mass is 16.5. The Morgan fingerprint density at radius 1 is 1.00 bits per heavy atom. The van der Waals surface area contributed by atoms with Crippen molar-refractivity contribution in [3.8, 4) is 11.8 Å². The number of rotatable bonds is 10. The lowest BCUT2D eigenvalue weighted by Crippen LogP contribution is -2.43. The van der Waals surface area contributed by atoms with Crippen LogP contribution in [0, 0.1) is 11.3 Å². The van der Waals surface area contributed by atoms with Crippen LogP contribution in [0.1, 0.15) is 64.9 Å². The van der Waals surface area contributed by atoms with E-state index in [4.69, 9.17) is 4.74 Å². The van der Waals surface area contributed by atoms with Gasteiger partial charge in [0.15, 0.2) is 0 Å². The Labute approximate surface area is 173 Å². The summed E-state index contributed by atoms with van der Waals surface area (Å²) in [5.74, 6) is -0.0267. The molecule has 0 radical (unpaired) electrons. The molecular weight excluding hydrogens is 364 g/mol. The number of imide groups is 1. The van der Waals surface area contributed by atoms with Crippen LogP contribution in [0.15, 0.2) is 41.0 Å². The zero-order chi connectivity index (χ0) is 21.2. The van der Waals surface area contributed by atoms with Crippen LogP contribution in [0.5, 0.6) is 5.75 Å². The van der Waals surface area contributed by atoms with Crippen molar-refractivity contribution in [1.29, 1.82) is 5.26 Å². The van der Waals surface area contributed by atoms with Gasteiger partial charge in [-0.2, -0.15) is 5.26 Å². The van der Waals surface area contributed by atoms with E-state index in [1.807, 2.05) is 30.3 Å². The molecule has 1 aromatic rings. The van der Waals surface area contributed by atoms with Crippen LogP contribution in [0.25, 0.3) is 6.08 Å². The molecular formula is C24H30N2O3. The Morgan fingerprint density at radius 2 is 1.66 bits per heavy atom. The number of hydrogen-bond donors (Lipinski definition) is 0. The minimum atomic E-state index is -0.487. The molecule has 0 fully saturated rings. The van der Waals surface area contributed by atoms with E-state index in [-0.39, 0.29) is 11.5 Å². The highest BCUT2D eigenvalue weighted by Crippen LogP contribution is 2.27. The van der Waals surface area contributed by atoms with Gasteiger partial charge in [0, 0.05) is 12.1 Å². The van der Waals surface area contributed by atoms with E-state index in [2.05, 4.69) is 13.8 Å². The molecule has 5 heteroatoms. The largest absolute Gasteiger partial charge is 0.494 e. The van der Waals surface area contributed by atoms with Crippen molar-refractivity contribution in [2.75, 3.05) is 13.2 Å². The molecule has 1 heterocycles. The predicted molar refractivity (Wildman–Crippen MR) is 114 cm³/mol. The standard InChI is InChI=1S/C24H30N2O3/c1-4-6-8-14-26-23(27)21(18(3)22(17-25)24(26)28)16-19-10-12-20(13-11-19)29-15-9-7-5-2/h10-13,16H,4-9,14-15H2,1-3H3/b21-16+. The molecule has 29 heavy (non-hydrogen) atoms. The quantitative estimate of drug-likeness (QED) is 0.317. The van der Waals surface area contributed by atoms with Crippen molar-refractivity contribution in [1.82, 2.24) is 4.90 Å². The van der Waals surface area contributed by atoms with Gasteiger partial charge in [-0.15, -0.1) is 0 Å². The van der Waals surface area contributed by atoms with Crippen molar-refractivity contribution < 1.29 is 14.3 Å². The fourth-order valence-electron chi connectivity index (χ4n) is 3.22. The number of hydrogen-bond acceptors (Lipinski definition) is 4. The van der Waals surface area contributed by atoms with Crippen molar-refractivity contribution >= 4 is 17.9 Å². The summed E-state index contributed by atoms with van der Waals surface area (Å²) in [4.78, 5) is 26.7. The highest BCUT2D eigenvalue weighted by Gasteiger charge is 2.34. The average molecular weight is 395 g/mol. The normalized spacial score (nSPS) is 15.8. The van der Waals surface area contributed by atoms with Gasteiger partial charge in [0.2, 0.25) is 0 Å². The molecule has 0 atom stereocenters. The first-order valence-electron chi connectivity index (χ1n) is 10.5. The van der Waals surface area contributed by atoms with Crippen molar-refractivity contribution in [3.63, 3.8) is 0 Å². The highest BCUT2D eigenvalue weighted by molar-refractivity contribution is 6.19. The molecule has 0 spiro atoms. The Bertz CT molecular complexity index is 829. The molecule has 0 saturated heterocycles. The fourth-order valence-corrected chi connectivity index (χ4v) is 3.22. The van der Waals surface area contributed by atoms with Crippen LogP contribution in [0.4, 0.5) is 0 Å². The summed E-state index contributed by atoms with van der Waals surface area (Å²) in [5.41, 5.74) is 1.71. The van der Waals surface area contributed by atoms with Gasteiger partial charge in [-0.1, -0.05) is 51.7 Å². The zero-order valence-electron chi connectivity index (χ0n) is 17.7. The Kier molecular flexibility index (Phi) is 8.67. The van der Waals surface area contributed by atoms with Crippen molar-refractivity contribution in [3.05, 3.63) is 46.5 Å². The minimum absolute atomic E-state index is 0.0447. The van der Waals surface area contributed by atoms with E-state index in [1.54, 1.807) is 13.0 Å². The number of carbonyl (C=O) groups is 2. The Balaban J connectivity index is 2.22. The van der Waals surface area contributed by atoms with E-state index in [0.29, 0.717) is 24.3 Å². The maximum Gasteiger partial charge on any atom is 0.271 e. The van der Waals surface area contributed by atoms with Crippen LogP contribution in [0.3, 0.4) is 0 Å². The SMILES string of the molecule is CCCCCOc1ccc(/C=C2/C(=O)N(CCCCC)C(=O)C(C#N)=C2C)cc1. The third-order valence-electron chi connectivity index (χ3n) is 5.02. The van der Waals surface area contributed by atoms with Crippen LogP contribution < -0.4 is 4.74 Å². The number of carbonyl (C=O) groups excluding carboxylic acids is 2. The van der Waals surface area contributed by atoms with Crippen LogP contribution in [-0.2, 0) is 9.59 Å². The molecule has 0 saturated carbocycles. The van der Waals surface area contributed by atoms with Gasteiger partial charge in [0.05, 0.1) is 6.61 Å². The second-order valence-electron chi connectivity index (χ2n) is 7.26. The van der Waals surface area contributed by atoms with Gasteiger partial charge in [-0.25, -0.2) is 0 Å². The fraction of sp³-hybridized carbons (Fsp3) is 0.458. The second-order valence-corrected chi connectivity index (χ2v) is 7.26. The summed E-state index contributed by atoms with van der Waals surface area (Å²) in [5, 5.41) is 9.44. The predicted octanol–water partition coefficient (Wildman–Crippen LogP) is 5.04. The lowest BCUT2D eigenvalue weighted by Gasteiger charge is -2.27. The third-order valence-corrected chi connectivity index (χ3v) is 5.02. The zero-order valence-corrected chi connectivity index (χ0v) is 17.7. The van der Waals surface area contributed by atoms with Gasteiger partial charge in [-0.05, 0) is 49.1 Å². The summed E-state index contributed by atoms with van der Waals surface area (Å²) < 4.78 is 5.72. The van der Waals surface area contributed by atoms with E-state index < -0.39 is 5.91 Å². The molecule has 2 amide bonds. The van der Waals surface area contributed by atoms with Crippen LogP contribution in [0.2, 0.25) is 0 Å².